The molecule has 0 saturated heterocycles. The highest BCUT2D eigenvalue weighted by Crippen LogP contribution is 2.32. The summed E-state index contributed by atoms with van der Waals surface area (Å²) < 4.78 is 6.20. The Morgan fingerprint density at radius 1 is 0.423 bits per heavy atom. The zero-order valence-corrected chi connectivity index (χ0v) is 19.1. The van der Waals surface area contributed by atoms with Gasteiger partial charge < -0.3 is 4.74 Å². The maximum atomic E-state index is 6.20. The molecule has 0 unspecified atom stereocenters. The van der Waals surface area contributed by atoms with Crippen LogP contribution in [-0.4, -0.2) is 12.7 Å². The number of methoxy groups -OCH3 is 1. The third-order valence-corrected chi connectivity index (χ3v) is 6.14. The van der Waals surface area contributed by atoms with Gasteiger partial charge in [-0.1, -0.05) is 130 Å². The fraction of sp³-hybridized carbons (Fsp3) is 1.00. The van der Waals surface area contributed by atoms with E-state index >= 15 is 0 Å². The summed E-state index contributed by atoms with van der Waals surface area (Å²) >= 11 is 0. The second kappa shape index (κ2) is 19.7. The molecule has 0 saturated carbocycles. The average Bonchev–Trinajstić information content (AvgIpc) is 2.66. The molecule has 26 heavy (non-hydrogen) atoms. The van der Waals surface area contributed by atoms with E-state index in [0.717, 1.165) is 0 Å². The van der Waals surface area contributed by atoms with Crippen molar-refractivity contribution in [1.82, 2.24) is 0 Å². The third-order valence-electron chi connectivity index (χ3n) is 6.14. The zero-order valence-electron chi connectivity index (χ0n) is 19.1. The van der Waals surface area contributed by atoms with Gasteiger partial charge in [-0.05, 0) is 19.3 Å². The van der Waals surface area contributed by atoms with Crippen LogP contribution in [0.2, 0.25) is 0 Å². The van der Waals surface area contributed by atoms with Gasteiger partial charge in [0.1, 0.15) is 0 Å². The van der Waals surface area contributed by atoms with Gasteiger partial charge in [0.15, 0.2) is 0 Å². The summed E-state index contributed by atoms with van der Waals surface area (Å²) in [6, 6.07) is 0. The summed E-state index contributed by atoms with van der Waals surface area (Å²) in [5.41, 5.74) is 0.182. The number of hydrogen-bond acceptors (Lipinski definition) is 1. The standard InChI is InChI=1S/C25H52O/c1-5-8-11-14-15-18-21-24-25(26-4,22-19-16-12-9-6-2)23-20-17-13-10-7-3/h5-24H2,1-4H3. The van der Waals surface area contributed by atoms with Gasteiger partial charge in [-0.3, -0.25) is 0 Å². The molecule has 0 rings (SSSR count). The quantitative estimate of drug-likeness (QED) is 0.183. The summed E-state index contributed by atoms with van der Waals surface area (Å²) in [4.78, 5) is 0. The van der Waals surface area contributed by atoms with Crippen molar-refractivity contribution in [3.63, 3.8) is 0 Å². The van der Waals surface area contributed by atoms with Gasteiger partial charge in [0.25, 0.3) is 0 Å². The molecule has 0 radical (unpaired) electrons. The second-order valence-corrected chi connectivity index (χ2v) is 8.59. The molecule has 0 heterocycles. The SMILES string of the molecule is CCCCCCCCCC(CCCCCCC)(CCCCCCC)OC. The molecule has 0 atom stereocenters. The molecule has 158 valence electrons. The van der Waals surface area contributed by atoms with Crippen molar-refractivity contribution in [2.24, 2.45) is 0 Å². The molecular weight excluding hydrogens is 316 g/mol. The molecular formula is C25H52O. The van der Waals surface area contributed by atoms with Crippen LogP contribution in [0.1, 0.15) is 149 Å². The van der Waals surface area contributed by atoms with E-state index in [1.54, 1.807) is 0 Å². The highest BCUT2D eigenvalue weighted by molar-refractivity contribution is 4.81. The predicted molar refractivity (Wildman–Crippen MR) is 119 cm³/mol. The Bertz CT molecular complexity index is 247. The van der Waals surface area contributed by atoms with Gasteiger partial charge in [-0.25, -0.2) is 0 Å². The van der Waals surface area contributed by atoms with Crippen molar-refractivity contribution < 1.29 is 4.74 Å². The largest absolute Gasteiger partial charge is 0.378 e. The molecule has 0 spiro atoms. The van der Waals surface area contributed by atoms with Crippen LogP contribution in [-0.2, 0) is 4.74 Å². The van der Waals surface area contributed by atoms with Gasteiger partial charge in [0.05, 0.1) is 5.60 Å². The summed E-state index contributed by atoms with van der Waals surface area (Å²) in [5.74, 6) is 0. The topological polar surface area (TPSA) is 9.23 Å². The van der Waals surface area contributed by atoms with E-state index in [0.29, 0.717) is 0 Å². The average molecular weight is 369 g/mol. The maximum Gasteiger partial charge on any atom is 0.0678 e. The predicted octanol–water partition coefficient (Wildman–Crippen LogP) is 9.23. The van der Waals surface area contributed by atoms with Crippen LogP contribution >= 0.6 is 0 Å². The van der Waals surface area contributed by atoms with Crippen molar-refractivity contribution >= 4 is 0 Å². The van der Waals surface area contributed by atoms with Crippen molar-refractivity contribution in [1.29, 1.82) is 0 Å². The summed E-state index contributed by atoms with van der Waals surface area (Å²) in [6.07, 6.45) is 27.5. The monoisotopic (exact) mass is 368 g/mol. The lowest BCUT2D eigenvalue weighted by Crippen LogP contribution is -2.31. The number of unbranched alkanes of at least 4 members (excludes halogenated alkanes) is 14. The lowest BCUT2D eigenvalue weighted by molar-refractivity contribution is -0.0366. The molecule has 0 aliphatic heterocycles. The molecule has 0 aromatic carbocycles. The Kier molecular flexibility index (Phi) is 19.7. The van der Waals surface area contributed by atoms with E-state index in [1.165, 1.54) is 128 Å². The fourth-order valence-electron chi connectivity index (χ4n) is 4.19. The first-order chi connectivity index (χ1) is 12.7. The number of ether oxygens (including phenoxy) is 1. The minimum atomic E-state index is 0.182. The van der Waals surface area contributed by atoms with Crippen LogP contribution in [0.15, 0.2) is 0 Å². The van der Waals surface area contributed by atoms with Gasteiger partial charge in [-0.2, -0.15) is 0 Å². The Hall–Kier alpha value is -0.0400. The molecule has 0 N–H and O–H groups in total. The molecule has 1 heteroatoms. The smallest absolute Gasteiger partial charge is 0.0678 e. The van der Waals surface area contributed by atoms with E-state index in [2.05, 4.69) is 20.8 Å². The van der Waals surface area contributed by atoms with E-state index in [-0.39, 0.29) is 5.60 Å². The number of rotatable bonds is 21. The summed E-state index contributed by atoms with van der Waals surface area (Å²) in [7, 11) is 1.99. The maximum absolute atomic E-state index is 6.20. The third kappa shape index (κ3) is 15.1. The molecule has 0 aliphatic rings. The molecule has 0 bridgehead atoms. The van der Waals surface area contributed by atoms with Gasteiger partial charge >= 0.3 is 0 Å². The van der Waals surface area contributed by atoms with Gasteiger partial charge in [0.2, 0.25) is 0 Å². The Balaban J connectivity index is 4.20. The first kappa shape index (κ1) is 26.0. The Morgan fingerprint density at radius 3 is 0.962 bits per heavy atom. The summed E-state index contributed by atoms with van der Waals surface area (Å²) in [6.45, 7) is 6.90. The van der Waals surface area contributed by atoms with Crippen LogP contribution in [0.5, 0.6) is 0 Å². The van der Waals surface area contributed by atoms with Crippen LogP contribution < -0.4 is 0 Å². The van der Waals surface area contributed by atoms with Crippen molar-refractivity contribution in [2.45, 2.75) is 155 Å². The van der Waals surface area contributed by atoms with Crippen LogP contribution in [0.25, 0.3) is 0 Å². The first-order valence-electron chi connectivity index (χ1n) is 12.3. The fourth-order valence-corrected chi connectivity index (χ4v) is 4.19. The van der Waals surface area contributed by atoms with Crippen LogP contribution in [0.3, 0.4) is 0 Å². The minimum absolute atomic E-state index is 0.182. The Labute approximate surface area is 167 Å². The Morgan fingerprint density at radius 2 is 0.692 bits per heavy atom. The molecule has 0 amide bonds. The van der Waals surface area contributed by atoms with Gasteiger partial charge in [0, 0.05) is 7.11 Å². The highest BCUT2D eigenvalue weighted by Gasteiger charge is 2.28. The van der Waals surface area contributed by atoms with E-state index in [4.69, 9.17) is 4.74 Å². The first-order valence-corrected chi connectivity index (χ1v) is 12.3. The normalized spacial score (nSPS) is 12.0. The van der Waals surface area contributed by atoms with E-state index in [1.807, 2.05) is 7.11 Å². The molecule has 1 nitrogen and oxygen atoms in total. The van der Waals surface area contributed by atoms with Crippen molar-refractivity contribution in [3.05, 3.63) is 0 Å². The molecule has 0 aliphatic carbocycles. The van der Waals surface area contributed by atoms with E-state index in [9.17, 15) is 0 Å². The van der Waals surface area contributed by atoms with Crippen molar-refractivity contribution in [3.8, 4) is 0 Å². The second-order valence-electron chi connectivity index (χ2n) is 8.59. The molecule has 0 aromatic rings. The molecule has 0 aromatic heterocycles. The van der Waals surface area contributed by atoms with Crippen LogP contribution in [0.4, 0.5) is 0 Å². The lowest BCUT2D eigenvalue weighted by Gasteiger charge is -2.33. The van der Waals surface area contributed by atoms with Gasteiger partial charge in [-0.15, -0.1) is 0 Å². The minimum Gasteiger partial charge on any atom is -0.378 e. The summed E-state index contributed by atoms with van der Waals surface area (Å²) in [5, 5.41) is 0. The molecule has 0 fully saturated rings. The van der Waals surface area contributed by atoms with E-state index < -0.39 is 0 Å². The van der Waals surface area contributed by atoms with Crippen molar-refractivity contribution in [2.75, 3.05) is 7.11 Å². The lowest BCUT2D eigenvalue weighted by atomic mass is 9.84. The van der Waals surface area contributed by atoms with Crippen LogP contribution in [0, 0.1) is 0 Å². The zero-order chi connectivity index (χ0) is 19.3. The number of hydrogen-bond donors (Lipinski definition) is 0. The highest BCUT2D eigenvalue weighted by atomic mass is 16.5.